The third-order valence-corrected chi connectivity index (χ3v) is 7.02. The molecule has 1 aromatic carbocycles. The van der Waals surface area contributed by atoms with Crippen LogP contribution in [0.3, 0.4) is 0 Å². The summed E-state index contributed by atoms with van der Waals surface area (Å²) >= 11 is 3.15. The molecule has 29 heavy (non-hydrogen) atoms. The molecule has 1 N–H and O–H groups in total. The fourth-order valence-corrected chi connectivity index (χ4v) is 5.77. The number of nitrogens with zero attached hydrogens (tertiary/aromatic N) is 1. The van der Waals surface area contributed by atoms with Crippen molar-refractivity contribution in [1.29, 1.82) is 0 Å². The van der Waals surface area contributed by atoms with E-state index in [1.54, 1.807) is 11.3 Å². The van der Waals surface area contributed by atoms with E-state index in [0.717, 1.165) is 57.4 Å². The Balaban J connectivity index is 1.46. The highest BCUT2D eigenvalue weighted by molar-refractivity contribution is 7.18. The van der Waals surface area contributed by atoms with Crippen molar-refractivity contribution in [2.45, 2.75) is 32.6 Å². The number of aryl methyl sites for hydroxylation is 1. The van der Waals surface area contributed by atoms with Crippen molar-refractivity contribution in [3.05, 3.63) is 51.7 Å². The molecule has 0 amide bonds. The van der Waals surface area contributed by atoms with Gasteiger partial charge in [-0.15, -0.1) is 22.7 Å². The van der Waals surface area contributed by atoms with Gasteiger partial charge in [-0.25, -0.2) is 9.78 Å². The first-order chi connectivity index (χ1) is 14.2. The number of hydrogen-bond donors (Lipinski definition) is 1. The molecule has 0 bridgehead atoms. The summed E-state index contributed by atoms with van der Waals surface area (Å²) in [4.78, 5) is 18.6. The number of rotatable bonds is 5. The fourth-order valence-electron chi connectivity index (χ4n) is 3.72. The largest absolute Gasteiger partial charge is 0.462 e. The van der Waals surface area contributed by atoms with Crippen LogP contribution >= 0.6 is 22.7 Å². The average Bonchev–Trinajstić information content (AvgIpc) is 3.44. The number of benzene rings is 1. The van der Waals surface area contributed by atoms with Gasteiger partial charge in [0, 0.05) is 15.6 Å². The quantitative estimate of drug-likeness (QED) is 0.375. The molecule has 5 nitrogen and oxygen atoms in total. The third-order valence-electron chi connectivity index (χ3n) is 5.05. The van der Waals surface area contributed by atoms with E-state index in [2.05, 4.69) is 5.32 Å². The molecule has 3 heterocycles. The Kier molecular flexibility index (Phi) is 4.85. The molecule has 0 saturated carbocycles. The molecule has 148 valence electrons. The fraction of sp³-hybridized carbons (Fsp3) is 0.273. The molecular formula is C22H20N2O3S2. The molecular weight excluding hydrogens is 404 g/mol. The number of aromatic nitrogens is 1. The number of hydrogen-bond acceptors (Lipinski definition) is 7. The van der Waals surface area contributed by atoms with Crippen LogP contribution in [-0.2, 0) is 17.6 Å². The second kappa shape index (κ2) is 7.65. The maximum absolute atomic E-state index is 12.6. The number of carbonyl (C=O) groups excluding carboxylic acids is 1. The number of thiophene rings is 1. The van der Waals surface area contributed by atoms with Crippen molar-refractivity contribution in [1.82, 2.24) is 4.98 Å². The summed E-state index contributed by atoms with van der Waals surface area (Å²) in [5.74, 6) is 0.495. The Labute approximate surface area is 176 Å². The molecule has 1 aliphatic carbocycles. The SMILES string of the molecule is CCOC(=O)c1c(Nc2nc(-c3cc4ccccc4o3)cs2)sc2c1CCCC2. The molecule has 0 radical (unpaired) electrons. The van der Waals surface area contributed by atoms with E-state index in [4.69, 9.17) is 14.1 Å². The van der Waals surface area contributed by atoms with E-state index >= 15 is 0 Å². The zero-order valence-corrected chi connectivity index (χ0v) is 17.6. The van der Waals surface area contributed by atoms with Crippen molar-refractivity contribution in [2.24, 2.45) is 0 Å². The summed E-state index contributed by atoms with van der Waals surface area (Å²) in [5, 5.41) is 7.98. The zero-order chi connectivity index (χ0) is 19.8. The summed E-state index contributed by atoms with van der Waals surface area (Å²) in [7, 11) is 0. The monoisotopic (exact) mass is 424 g/mol. The molecule has 0 unspecified atom stereocenters. The molecule has 1 aliphatic rings. The highest BCUT2D eigenvalue weighted by Gasteiger charge is 2.27. The molecule has 4 aromatic rings. The maximum Gasteiger partial charge on any atom is 0.341 e. The van der Waals surface area contributed by atoms with Gasteiger partial charge in [0.05, 0.1) is 12.2 Å². The summed E-state index contributed by atoms with van der Waals surface area (Å²) in [6.45, 7) is 2.21. The standard InChI is InChI=1S/C22H20N2O3S2/c1-2-26-21(25)19-14-8-4-6-10-18(14)29-20(19)24-22-23-15(12-28-22)17-11-13-7-3-5-9-16(13)27-17/h3,5,7,9,11-12H,2,4,6,8,10H2,1H3,(H,23,24). The third kappa shape index (κ3) is 3.45. The molecule has 0 aliphatic heterocycles. The number of anilines is 2. The van der Waals surface area contributed by atoms with E-state index in [9.17, 15) is 4.79 Å². The van der Waals surface area contributed by atoms with Crippen molar-refractivity contribution >= 4 is 49.7 Å². The smallest absolute Gasteiger partial charge is 0.341 e. The Morgan fingerprint density at radius 1 is 1.28 bits per heavy atom. The van der Waals surface area contributed by atoms with Gasteiger partial charge < -0.3 is 14.5 Å². The van der Waals surface area contributed by atoms with Crippen molar-refractivity contribution < 1.29 is 13.9 Å². The Hall–Kier alpha value is -2.64. The molecule has 0 spiro atoms. The first-order valence-electron chi connectivity index (χ1n) is 9.76. The number of esters is 1. The summed E-state index contributed by atoms with van der Waals surface area (Å²) in [6.07, 6.45) is 4.24. The lowest BCUT2D eigenvalue weighted by Crippen LogP contribution is -2.10. The van der Waals surface area contributed by atoms with Crippen LogP contribution in [-0.4, -0.2) is 17.6 Å². The highest BCUT2D eigenvalue weighted by Crippen LogP contribution is 2.41. The Morgan fingerprint density at radius 3 is 3.00 bits per heavy atom. The Morgan fingerprint density at radius 2 is 2.14 bits per heavy atom. The lowest BCUT2D eigenvalue weighted by Gasteiger charge is -2.12. The minimum absolute atomic E-state index is 0.247. The van der Waals surface area contributed by atoms with Crippen LogP contribution in [0.4, 0.5) is 10.1 Å². The average molecular weight is 425 g/mol. The minimum atomic E-state index is -0.247. The van der Waals surface area contributed by atoms with Crippen molar-refractivity contribution in [3.63, 3.8) is 0 Å². The van der Waals surface area contributed by atoms with Crippen molar-refractivity contribution in [3.8, 4) is 11.5 Å². The van der Waals surface area contributed by atoms with Gasteiger partial charge in [-0.1, -0.05) is 18.2 Å². The second-order valence-corrected chi connectivity index (χ2v) is 8.91. The molecule has 0 saturated heterocycles. The summed E-state index contributed by atoms with van der Waals surface area (Å²) in [6, 6.07) is 9.92. The summed E-state index contributed by atoms with van der Waals surface area (Å²) < 4.78 is 11.3. The first kappa shape index (κ1) is 18.4. The van der Waals surface area contributed by atoms with Gasteiger partial charge in [-0.2, -0.15) is 0 Å². The van der Waals surface area contributed by atoms with Gasteiger partial charge in [0.25, 0.3) is 0 Å². The number of para-hydroxylation sites is 1. The van der Waals surface area contributed by atoms with Crippen LogP contribution in [0, 0.1) is 0 Å². The van der Waals surface area contributed by atoms with Gasteiger partial charge in [-0.05, 0) is 50.3 Å². The summed E-state index contributed by atoms with van der Waals surface area (Å²) in [5.41, 5.74) is 3.47. The van der Waals surface area contributed by atoms with Gasteiger partial charge in [0.1, 0.15) is 16.3 Å². The van der Waals surface area contributed by atoms with E-state index in [-0.39, 0.29) is 5.97 Å². The number of carbonyl (C=O) groups is 1. The van der Waals surface area contributed by atoms with Crippen LogP contribution in [0.1, 0.15) is 40.6 Å². The molecule has 5 rings (SSSR count). The number of nitrogens with one attached hydrogen (secondary N) is 1. The lowest BCUT2D eigenvalue weighted by atomic mass is 9.95. The molecule has 0 atom stereocenters. The van der Waals surface area contributed by atoms with Gasteiger partial charge >= 0.3 is 5.97 Å². The molecule has 0 fully saturated rings. The predicted octanol–water partition coefficient (Wildman–Crippen LogP) is 6.42. The van der Waals surface area contributed by atoms with Crippen LogP contribution in [0.2, 0.25) is 0 Å². The number of furan rings is 1. The molecule has 3 aromatic heterocycles. The van der Waals surface area contributed by atoms with E-state index < -0.39 is 0 Å². The van der Waals surface area contributed by atoms with Crippen LogP contribution in [0.5, 0.6) is 0 Å². The lowest BCUT2D eigenvalue weighted by molar-refractivity contribution is 0.0526. The van der Waals surface area contributed by atoms with E-state index in [0.29, 0.717) is 12.2 Å². The van der Waals surface area contributed by atoms with Gasteiger partial charge in [-0.3, -0.25) is 0 Å². The van der Waals surface area contributed by atoms with E-state index in [1.807, 2.05) is 42.6 Å². The predicted molar refractivity (Wildman–Crippen MR) is 118 cm³/mol. The van der Waals surface area contributed by atoms with Gasteiger partial charge in [0.2, 0.25) is 0 Å². The van der Waals surface area contributed by atoms with E-state index in [1.165, 1.54) is 22.6 Å². The van der Waals surface area contributed by atoms with Gasteiger partial charge in [0.15, 0.2) is 10.9 Å². The van der Waals surface area contributed by atoms with Crippen molar-refractivity contribution in [2.75, 3.05) is 11.9 Å². The van der Waals surface area contributed by atoms with Crippen LogP contribution in [0.25, 0.3) is 22.4 Å². The normalized spacial score (nSPS) is 13.4. The molecule has 7 heteroatoms. The van der Waals surface area contributed by atoms with Crippen LogP contribution < -0.4 is 5.32 Å². The zero-order valence-electron chi connectivity index (χ0n) is 16.0. The number of ether oxygens (including phenoxy) is 1. The number of fused-ring (bicyclic) bond motifs is 2. The maximum atomic E-state index is 12.6. The highest BCUT2D eigenvalue weighted by atomic mass is 32.1. The topological polar surface area (TPSA) is 64.4 Å². The first-order valence-corrected chi connectivity index (χ1v) is 11.5. The minimum Gasteiger partial charge on any atom is -0.462 e. The number of thiazole rings is 1. The Bertz CT molecular complexity index is 1160. The van der Waals surface area contributed by atoms with Crippen LogP contribution in [0.15, 0.2) is 40.1 Å². The second-order valence-electron chi connectivity index (χ2n) is 6.95.